The smallest absolute Gasteiger partial charge is 0.309 e. The van der Waals surface area contributed by atoms with Crippen LogP contribution in [0.25, 0.3) is 0 Å². The Labute approximate surface area is 190 Å². The molecule has 0 radical (unpaired) electrons. The van der Waals surface area contributed by atoms with Crippen molar-refractivity contribution in [2.75, 3.05) is 90.7 Å². The van der Waals surface area contributed by atoms with Crippen molar-refractivity contribution >= 4 is 17.5 Å². The summed E-state index contributed by atoms with van der Waals surface area (Å²) >= 11 is 0. The molecule has 1 aromatic rings. The fourth-order valence-electron chi connectivity index (χ4n) is 4.64. The SMILES string of the molecule is CN1CCc2cc([C@@H](CNC(=O)C(=O)NCCN3CCOCC3)N3CCOCC3)ccc21. The van der Waals surface area contributed by atoms with Crippen LogP contribution in [0.5, 0.6) is 0 Å². The summed E-state index contributed by atoms with van der Waals surface area (Å²) in [6, 6.07) is 6.59. The van der Waals surface area contributed by atoms with Crippen LogP contribution in [0.4, 0.5) is 5.69 Å². The van der Waals surface area contributed by atoms with Crippen LogP contribution < -0.4 is 15.5 Å². The predicted octanol–water partition coefficient (Wildman–Crippen LogP) is -0.383. The third-order valence-electron chi connectivity index (χ3n) is 6.58. The summed E-state index contributed by atoms with van der Waals surface area (Å²) in [4.78, 5) is 31.6. The Morgan fingerprint density at radius 2 is 1.66 bits per heavy atom. The van der Waals surface area contributed by atoms with Gasteiger partial charge in [-0.2, -0.15) is 0 Å². The fraction of sp³-hybridized carbons (Fsp3) is 0.652. The summed E-state index contributed by atoms with van der Waals surface area (Å²) < 4.78 is 10.8. The van der Waals surface area contributed by atoms with Gasteiger partial charge in [-0.25, -0.2) is 0 Å². The fourth-order valence-corrected chi connectivity index (χ4v) is 4.64. The number of amides is 2. The van der Waals surface area contributed by atoms with Crippen LogP contribution in [0.15, 0.2) is 18.2 Å². The predicted molar refractivity (Wildman–Crippen MR) is 122 cm³/mol. The van der Waals surface area contributed by atoms with E-state index >= 15 is 0 Å². The zero-order chi connectivity index (χ0) is 22.3. The molecule has 32 heavy (non-hydrogen) atoms. The molecule has 0 saturated carbocycles. The van der Waals surface area contributed by atoms with Crippen molar-refractivity contribution in [3.05, 3.63) is 29.3 Å². The van der Waals surface area contributed by atoms with Gasteiger partial charge in [0.15, 0.2) is 0 Å². The molecule has 1 aromatic carbocycles. The van der Waals surface area contributed by atoms with Crippen LogP contribution in [-0.4, -0.2) is 107 Å². The largest absolute Gasteiger partial charge is 0.379 e. The first-order valence-corrected chi connectivity index (χ1v) is 11.6. The van der Waals surface area contributed by atoms with Crippen LogP contribution >= 0.6 is 0 Å². The molecule has 4 rings (SSSR count). The average Bonchev–Trinajstić information content (AvgIpc) is 3.20. The number of fused-ring (bicyclic) bond motifs is 1. The second kappa shape index (κ2) is 11.1. The van der Waals surface area contributed by atoms with E-state index in [1.807, 2.05) is 0 Å². The number of carbonyl (C=O) groups excluding carboxylic acids is 2. The van der Waals surface area contributed by atoms with Gasteiger partial charge in [0.1, 0.15) is 0 Å². The van der Waals surface area contributed by atoms with Gasteiger partial charge in [0, 0.05) is 65.1 Å². The van der Waals surface area contributed by atoms with Gasteiger partial charge in [-0.15, -0.1) is 0 Å². The molecule has 0 bridgehead atoms. The highest BCUT2D eigenvalue weighted by Gasteiger charge is 2.26. The first-order chi connectivity index (χ1) is 15.6. The molecule has 3 heterocycles. The van der Waals surface area contributed by atoms with Crippen molar-refractivity contribution in [1.82, 2.24) is 20.4 Å². The van der Waals surface area contributed by atoms with Crippen LogP contribution in [0.2, 0.25) is 0 Å². The summed E-state index contributed by atoms with van der Waals surface area (Å²) in [5.41, 5.74) is 3.79. The topological polar surface area (TPSA) is 86.4 Å². The molecule has 3 aliphatic rings. The number of nitrogens with one attached hydrogen (secondary N) is 2. The second-order valence-corrected chi connectivity index (χ2v) is 8.64. The zero-order valence-electron chi connectivity index (χ0n) is 19.0. The minimum atomic E-state index is -0.578. The van der Waals surface area contributed by atoms with Crippen LogP contribution in [0.1, 0.15) is 17.2 Å². The molecule has 1 atom stereocenters. The van der Waals surface area contributed by atoms with E-state index in [1.54, 1.807) is 0 Å². The number of morpholine rings is 2. The average molecular weight is 446 g/mol. The molecular formula is C23H35N5O4. The molecular weight excluding hydrogens is 410 g/mol. The Balaban J connectivity index is 1.32. The van der Waals surface area contributed by atoms with Gasteiger partial charge in [-0.3, -0.25) is 19.4 Å². The van der Waals surface area contributed by atoms with Crippen LogP contribution in [0, 0.1) is 0 Å². The standard InChI is InChI=1S/C23H35N5O4/c1-26-6-4-19-16-18(2-3-20(19)26)21(28-10-14-32-15-11-28)17-25-23(30)22(29)24-5-7-27-8-12-31-13-9-27/h2-3,16,21H,4-15,17H2,1H3,(H,24,29)(H,25,30)/t21-/m1/s1. The minimum Gasteiger partial charge on any atom is -0.379 e. The molecule has 2 fully saturated rings. The summed E-state index contributed by atoms with van der Waals surface area (Å²) in [7, 11) is 2.11. The lowest BCUT2D eigenvalue weighted by Crippen LogP contribution is -2.48. The number of hydrogen-bond donors (Lipinski definition) is 2. The van der Waals surface area contributed by atoms with Crippen LogP contribution in [0.3, 0.4) is 0 Å². The Kier molecular flexibility index (Phi) is 7.96. The maximum Gasteiger partial charge on any atom is 0.309 e. The van der Waals surface area contributed by atoms with E-state index in [2.05, 4.69) is 50.6 Å². The van der Waals surface area contributed by atoms with Gasteiger partial charge >= 0.3 is 11.8 Å². The maximum absolute atomic E-state index is 12.5. The normalized spacial score (nSPS) is 20.6. The van der Waals surface area contributed by atoms with Crippen molar-refractivity contribution in [3.63, 3.8) is 0 Å². The number of rotatable bonds is 7. The van der Waals surface area contributed by atoms with Crippen molar-refractivity contribution < 1.29 is 19.1 Å². The molecule has 9 nitrogen and oxygen atoms in total. The summed E-state index contributed by atoms with van der Waals surface area (Å²) in [6.07, 6.45) is 1.04. The molecule has 9 heteroatoms. The monoisotopic (exact) mass is 445 g/mol. The van der Waals surface area contributed by atoms with Gasteiger partial charge < -0.3 is 25.0 Å². The maximum atomic E-state index is 12.5. The number of nitrogens with zero attached hydrogens (tertiary/aromatic N) is 3. The molecule has 2 saturated heterocycles. The first kappa shape index (κ1) is 23.0. The molecule has 0 unspecified atom stereocenters. The Bertz CT molecular complexity index is 793. The summed E-state index contributed by atoms with van der Waals surface area (Å²) in [5, 5.41) is 5.60. The molecule has 0 aliphatic carbocycles. The molecule has 0 spiro atoms. The quantitative estimate of drug-likeness (QED) is 0.553. The second-order valence-electron chi connectivity index (χ2n) is 8.64. The molecule has 2 N–H and O–H groups in total. The summed E-state index contributed by atoms with van der Waals surface area (Å²) in [5.74, 6) is -1.15. The van der Waals surface area contributed by atoms with E-state index in [4.69, 9.17) is 9.47 Å². The van der Waals surface area contributed by atoms with Crippen molar-refractivity contribution in [2.45, 2.75) is 12.5 Å². The van der Waals surface area contributed by atoms with E-state index in [1.165, 1.54) is 16.8 Å². The number of ether oxygens (including phenoxy) is 2. The molecule has 176 valence electrons. The molecule has 3 aliphatic heterocycles. The van der Waals surface area contributed by atoms with E-state index in [0.29, 0.717) is 26.3 Å². The highest BCUT2D eigenvalue weighted by Crippen LogP contribution is 2.31. The molecule has 0 aromatic heterocycles. The number of anilines is 1. The lowest BCUT2D eigenvalue weighted by Gasteiger charge is -2.35. The van der Waals surface area contributed by atoms with Gasteiger partial charge in [0.05, 0.1) is 32.5 Å². The number of carbonyl (C=O) groups is 2. The first-order valence-electron chi connectivity index (χ1n) is 11.6. The van der Waals surface area contributed by atoms with Gasteiger partial charge in [0.2, 0.25) is 0 Å². The van der Waals surface area contributed by atoms with E-state index < -0.39 is 11.8 Å². The van der Waals surface area contributed by atoms with Crippen molar-refractivity contribution in [1.29, 1.82) is 0 Å². The minimum absolute atomic E-state index is 0.0141. The van der Waals surface area contributed by atoms with E-state index in [0.717, 1.165) is 58.9 Å². The Morgan fingerprint density at radius 1 is 0.969 bits per heavy atom. The zero-order valence-corrected chi connectivity index (χ0v) is 19.0. The lowest BCUT2D eigenvalue weighted by atomic mass is 10.0. The van der Waals surface area contributed by atoms with Gasteiger partial charge in [-0.1, -0.05) is 12.1 Å². The number of likely N-dealkylation sites (N-methyl/N-ethyl adjacent to an activating group) is 1. The van der Waals surface area contributed by atoms with E-state index in [-0.39, 0.29) is 6.04 Å². The third-order valence-corrected chi connectivity index (χ3v) is 6.58. The van der Waals surface area contributed by atoms with Crippen molar-refractivity contribution in [2.24, 2.45) is 0 Å². The van der Waals surface area contributed by atoms with Gasteiger partial charge in [0.25, 0.3) is 0 Å². The summed E-state index contributed by atoms with van der Waals surface area (Å²) in [6.45, 7) is 8.74. The third kappa shape index (κ3) is 5.78. The Hall–Kier alpha value is -2.20. The van der Waals surface area contributed by atoms with Crippen LogP contribution in [-0.2, 0) is 25.5 Å². The van der Waals surface area contributed by atoms with Crippen molar-refractivity contribution in [3.8, 4) is 0 Å². The highest BCUT2D eigenvalue weighted by molar-refractivity contribution is 6.35. The number of hydrogen-bond acceptors (Lipinski definition) is 7. The molecule has 2 amide bonds. The highest BCUT2D eigenvalue weighted by atomic mass is 16.5. The van der Waals surface area contributed by atoms with Gasteiger partial charge in [-0.05, 0) is 23.6 Å². The lowest BCUT2D eigenvalue weighted by molar-refractivity contribution is -0.139. The van der Waals surface area contributed by atoms with E-state index in [9.17, 15) is 9.59 Å². The Morgan fingerprint density at radius 3 is 2.41 bits per heavy atom. The number of benzene rings is 1.